The first-order valence-corrected chi connectivity index (χ1v) is 5.57. The molecule has 3 heteroatoms. The first-order valence-electron chi connectivity index (χ1n) is 4.59. The molecule has 2 N–H and O–H groups in total. The van der Waals surface area contributed by atoms with Crippen LogP contribution in [-0.2, 0) is 0 Å². The standard InChI is InChI=1S/C9H18N2S/c1-3-8(10)11-7-9(2)5-4-6-12-9/h3-7H2,1-2H3,(H2,10,11). The maximum atomic E-state index is 5.65. The molecule has 0 aromatic heterocycles. The normalized spacial score (nSPS) is 31.0. The van der Waals surface area contributed by atoms with Gasteiger partial charge >= 0.3 is 0 Å². The van der Waals surface area contributed by atoms with Crippen molar-refractivity contribution in [3.8, 4) is 0 Å². The van der Waals surface area contributed by atoms with Gasteiger partial charge in [-0.3, -0.25) is 4.99 Å². The van der Waals surface area contributed by atoms with Crippen LogP contribution in [0.4, 0.5) is 0 Å². The predicted octanol–water partition coefficient (Wildman–Crippen LogP) is 2.04. The molecule has 0 aliphatic carbocycles. The van der Waals surface area contributed by atoms with Gasteiger partial charge in [-0.25, -0.2) is 0 Å². The maximum absolute atomic E-state index is 5.65. The number of nitrogens with zero attached hydrogens (tertiary/aromatic N) is 1. The van der Waals surface area contributed by atoms with Crippen LogP contribution >= 0.6 is 11.8 Å². The number of hydrogen-bond acceptors (Lipinski definition) is 2. The first-order chi connectivity index (χ1) is 5.66. The summed E-state index contributed by atoms with van der Waals surface area (Å²) in [5, 5.41) is 0. The van der Waals surface area contributed by atoms with E-state index in [1.54, 1.807) is 0 Å². The van der Waals surface area contributed by atoms with Crippen LogP contribution in [0.25, 0.3) is 0 Å². The third-order valence-electron chi connectivity index (χ3n) is 2.28. The van der Waals surface area contributed by atoms with E-state index < -0.39 is 0 Å². The van der Waals surface area contributed by atoms with E-state index in [2.05, 4.69) is 11.9 Å². The molecule has 1 unspecified atom stereocenters. The molecular weight excluding hydrogens is 168 g/mol. The Morgan fingerprint density at radius 2 is 2.42 bits per heavy atom. The average Bonchev–Trinajstić information content (AvgIpc) is 2.49. The van der Waals surface area contributed by atoms with E-state index in [1.807, 2.05) is 18.7 Å². The largest absolute Gasteiger partial charge is 0.387 e. The van der Waals surface area contributed by atoms with Crippen molar-refractivity contribution < 1.29 is 0 Å². The highest BCUT2D eigenvalue weighted by Gasteiger charge is 2.28. The van der Waals surface area contributed by atoms with Crippen molar-refractivity contribution in [1.29, 1.82) is 0 Å². The Hall–Kier alpha value is -0.180. The van der Waals surface area contributed by atoms with E-state index in [0.29, 0.717) is 4.75 Å². The summed E-state index contributed by atoms with van der Waals surface area (Å²) in [6.07, 6.45) is 3.50. The van der Waals surface area contributed by atoms with Gasteiger partial charge in [0.2, 0.25) is 0 Å². The zero-order valence-electron chi connectivity index (χ0n) is 7.97. The van der Waals surface area contributed by atoms with E-state index >= 15 is 0 Å². The van der Waals surface area contributed by atoms with Crippen LogP contribution in [0.3, 0.4) is 0 Å². The summed E-state index contributed by atoms with van der Waals surface area (Å²) < 4.78 is 0.375. The molecule has 0 radical (unpaired) electrons. The highest BCUT2D eigenvalue weighted by Crippen LogP contribution is 2.37. The quantitative estimate of drug-likeness (QED) is 0.541. The van der Waals surface area contributed by atoms with E-state index in [-0.39, 0.29) is 0 Å². The molecule has 0 aromatic rings. The molecular formula is C9H18N2S. The molecule has 70 valence electrons. The third kappa shape index (κ3) is 2.70. The van der Waals surface area contributed by atoms with Crippen molar-refractivity contribution in [2.45, 2.75) is 37.9 Å². The van der Waals surface area contributed by atoms with Gasteiger partial charge in [0, 0.05) is 11.2 Å². The molecule has 1 rings (SSSR count). The first kappa shape index (κ1) is 9.90. The predicted molar refractivity (Wildman–Crippen MR) is 56.9 cm³/mol. The maximum Gasteiger partial charge on any atom is 0.0934 e. The minimum atomic E-state index is 0.375. The van der Waals surface area contributed by atoms with Gasteiger partial charge in [0.05, 0.1) is 12.4 Å². The summed E-state index contributed by atoms with van der Waals surface area (Å²) in [4.78, 5) is 4.37. The van der Waals surface area contributed by atoms with Crippen molar-refractivity contribution in [3.63, 3.8) is 0 Å². The van der Waals surface area contributed by atoms with Gasteiger partial charge in [0.15, 0.2) is 0 Å². The van der Waals surface area contributed by atoms with Crippen LogP contribution in [0.2, 0.25) is 0 Å². The van der Waals surface area contributed by atoms with Gasteiger partial charge in [-0.05, 0) is 25.5 Å². The minimum absolute atomic E-state index is 0.375. The second-order valence-corrected chi connectivity index (χ2v) is 5.25. The molecule has 1 aliphatic rings. The second kappa shape index (κ2) is 4.17. The number of nitrogens with two attached hydrogens (primary N) is 1. The Bertz CT molecular complexity index is 171. The fourth-order valence-corrected chi connectivity index (χ4v) is 2.57. The number of amidine groups is 1. The molecule has 0 spiro atoms. The lowest BCUT2D eigenvalue weighted by atomic mass is 10.1. The zero-order valence-corrected chi connectivity index (χ0v) is 8.78. The fourth-order valence-electron chi connectivity index (χ4n) is 1.34. The lowest BCUT2D eigenvalue weighted by Gasteiger charge is -2.19. The van der Waals surface area contributed by atoms with Crippen LogP contribution in [0, 0.1) is 0 Å². The Balaban J connectivity index is 2.39. The molecule has 0 saturated carbocycles. The van der Waals surface area contributed by atoms with Gasteiger partial charge in [-0.2, -0.15) is 11.8 Å². The van der Waals surface area contributed by atoms with Crippen molar-refractivity contribution in [3.05, 3.63) is 0 Å². The zero-order chi connectivity index (χ0) is 9.03. The smallest absolute Gasteiger partial charge is 0.0934 e. The molecule has 1 fully saturated rings. The molecule has 0 amide bonds. The average molecular weight is 186 g/mol. The summed E-state index contributed by atoms with van der Waals surface area (Å²) in [5.74, 6) is 2.08. The van der Waals surface area contributed by atoms with E-state index in [1.165, 1.54) is 18.6 Å². The van der Waals surface area contributed by atoms with E-state index in [4.69, 9.17) is 5.73 Å². The number of thioether (sulfide) groups is 1. The Morgan fingerprint density at radius 1 is 1.67 bits per heavy atom. The summed E-state index contributed by atoms with van der Waals surface area (Å²) in [6, 6.07) is 0. The van der Waals surface area contributed by atoms with Crippen LogP contribution in [-0.4, -0.2) is 22.9 Å². The Kier molecular flexibility index (Phi) is 3.44. The van der Waals surface area contributed by atoms with Gasteiger partial charge in [-0.1, -0.05) is 6.92 Å². The minimum Gasteiger partial charge on any atom is -0.387 e. The molecule has 1 saturated heterocycles. The Morgan fingerprint density at radius 3 is 2.92 bits per heavy atom. The topological polar surface area (TPSA) is 38.4 Å². The van der Waals surface area contributed by atoms with Crippen LogP contribution in [0.15, 0.2) is 4.99 Å². The van der Waals surface area contributed by atoms with Crippen molar-refractivity contribution >= 4 is 17.6 Å². The monoisotopic (exact) mass is 186 g/mol. The second-order valence-electron chi connectivity index (χ2n) is 3.56. The van der Waals surface area contributed by atoms with Crippen molar-refractivity contribution in [2.24, 2.45) is 10.7 Å². The number of aliphatic imine (C=N–C) groups is 1. The number of hydrogen-bond donors (Lipinski definition) is 1. The van der Waals surface area contributed by atoms with Gasteiger partial charge < -0.3 is 5.73 Å². The highest BCUT2D eigenvalue weighted by atomic mass is 32.2. The highest BCUT2D eigenvalue weighted by molar-refractivity contribution is 8.00. The summed E-state index contributed by atoms with van der Waals surface area (Å²) in [5.41, 5.74) is 5.65. The molecule has 0 aromatic carbocycles. The van der Waals surface area contributed by atoms with Gasteiger partial charge in [0.1, 0.15) is 0 Å². The molecule has 0 bridgehead atoms. The summed E-state index contributed by atoms with van der Waals surface area (Å²) in [6.45, 7) is 5.23. The SMILES string of the molecule is CCC(N)=NCC1(C)CCCS1. The molecule has 12 heavy (non-hydrogen) atoms. The van der Waals surface area contributed by atoms with Crippen molar-refractivity contribution in [1.82, 2.24) is 0 Å². The van der Waals surface area contributed by atoms with Gasteiger partial charge in [0.25, 0.3) is 0 Å². The third-order valence-corrected chi connectivity index (χ3v) is 3.80. The van der Waals surface area contributed by atoms with Gasteiger partial charge in [-0.15, -0.1) is 0 Å². The van der Waals surface area contributed by atoms with Crippen LogP contribution in [0.5, 0.6) is 0 Å². The lowest BCUT2D eigenvalue weighted by Crippen LogP contribution is -2.22. The van der Waals surface area contributed by atoms with Crippen LogP contribution < -0.4 is 5.73 Å². The van der Waals surface area contributed by atoms with E-state index in [0.717, 1.165) is 18.8 Å². The number of rotatable bonds is 3. The molecule has 2 nitrogen and oxygen atoms in total. The van der Waals surface area contributed by atoms with Crippen molar-refractivity contribution in [2.75, 3.05) is 12.3 Å². The summed E-state index contributed by atoms with van der Waals surface area (Å²) >= 11 is 2.03. The Labute approximate surface area is 79.0 Å². The summed E-state index contributed by atoms with van der Waals surface area (Å²) in [7, 11) is 0. The molecule has 1 heterocycles. The van der Waals surface area contributed by atoms with E-state index in [9.17, 15) is 0 Å². The lowest BCUT2D eigenvalue weighted by molar-refractivity contribution is 0.618. The molecule has 1 aliphatic heterocycles. The van der Waals surface area contributed by atoms with Crippen LogP contribution in [0.1, 0.15) is 33.1 Å². The molecule has 1 atom stereocenters. The fraction of sp³-hybridized carbons (Fsp3) is 0.889.